The van der Waals surface area contributed by atoms with Crippen molar-refractivity contribution in [3.63, 3.8) is 0 Å². The van der Waals surface area contributed by atoms with Crippen LogP contribution in [0.3, 0.4) is 0 Å². The minimum absolute atomic E-state index is 0.0497. The number of anilines is 1. The average Bonchev–Trinajstić information content (AvgIpc) is 3.00. The molecule has 0 radical (unpaired) electrons. The van der Waals surface area contributed by atoms with Crippen LogP contribution >= 0.6 is 0 Å². The smallest absolute Gasteiger partial charge is 0.293 e. The molecule has 10 nitrogen and oxygen atoms in total. The average molecular weight is 479 g/mol. The Hall–Kier alpha value is -2.69. The highest BCUT2D eigenvalue weighted by Gasteiger charge is 2.37. The third kappa shape index (κ3) is 5.29. The lowest BCUT2D eigenvalue weighted by molar-refractivity contribution is -0.384. The maximum atomic E-state index is 13.0. The van der Waals surface area contributed by atoms with Gasteiger partial charge in [0.15, 0.2) is 9.84 Å². The lowest BCUT2D eigenvalue weighted by Crippen LogP contribution is -2.52. The van der Waals surface area contributed by atoms with Gasteiger partial charge in [0.25, 0.3) is 11.6 Å². The van der Waals surface area contributed by atoms with E-state index in [-0.39, 0.29) is 34.6 Å². The van der Waals surface area contributed by atoms with Crippen LogP contribution in [0.5, 0.6) is 0 Å². The summed E-state index contributed by atoms with van der Waals surface area (Å²) in [6.07, 6.45) is 4.58. The molecule has 1 aromatic rings. The van der Waals surface area contributed by atoms with Crippen molar-refractivity contribution in [3.8, 4) is 0 Å². The van der Waals surface area contributed by atoms with Crippen molar-refractivity contribution in [2.45, 2.75) is 32.1 Å². The minimum Gasteiger partial charge on any atom is -0.366 e. The van der Waals surface area contributed by atoms with Crippen LogP contribution in [0, 0.1) is 16.0 Å². The Balaban J connectivity index is 1.41. The molecule has 1 aromatic carbocycles. The van der Waals surface area contributed by atoms with Gasteiger partial charge in [-0.1, -0.05) is 12.8 Å². The number of piperazine rings is 1. The zero-order valence-corrected chi connectivity index (χ0v) is 19.5. The molecular formula is C22H30N4O6S. The molecule has 0 aromatic heterocycles. The zero-order valence-electron chi connectivity index (χ0n) is 18.6. The predicted molar refractivity (Wildman–Crippen MR) is 123 cm³/mol. The number of carbonyl (C=O) groups excluding carboxylic acids is 2. The van der Waals surface area contributed by atoms with Crippen LogP contribution in [-0.2, 0) is 14.6 Å². The molecule has 11 heteroatoms. The van der Waals surface area contributed by atoms with Crippen LogP contribution < -0.4 is 4.90 Å². The summed E-state index contributed by atoms with van der Waals surface area (Å²) in [7, 11) is -3.13. The Morgan fingerprint density at radius 3 is 2.15 bits per heavy atom. The second-order valence-electron chi connectivity index (χ2n) is 9.08. The van der Waals surface area contributed by atoms with E-state index in [1.807, 2.05) is 4.90 Å². The molecule has 2 amide bonds. The second kappa shape index (κ2) is 9.66. The van der Waals surface area contributed by atoms with Crippen LogP contribution in [0.25, 0.3) is 0 Å². The van der Waals surface area contributed by atoms with Crippen molar-refractivity contribution in [2.75, 3.05) is 55.7 Å². The summed E-state index contributed by atoms with van der Waals surface area (Å²) in [4.78, 5) is 42.3. The quantitative estimate of drug-likeness (QED) is 0.477. The number of hydrogen-bond acceptors (Lipinski definition) is 7. The first kappa shape index (κ1) is 23.5. The van der Waals surface area contributed by atoms with E-state index in [1.54, 1.807) is 21.9 Å². The third-order valence-corrected chi connectivity index (χ3v) is 8.59. The number of hydrogen-bond donors (Lipinski definition) is 0. The summed E-state index contributed by atoms with van der Waals surface area (Å²) in [6, 6.07) is 4.69. The van der Waals surface area contributed by atoms with Gasteiger partial charge in [0.05, 0.1) is 22.3 Å². The van der Waals surface area contributed by atoms with E-state index < -0.39 is 20.7 Å². The summed E-state index contributed by atoms with van der Waals surface area (Å²) < 4.78 is 23.3. The van der Waals surface area contributed by atoms with E-state index in [0.29, 0.717) is 38.3 Å². The first-order valence-corrected chi connectivity index (χ1v) is 13.4. The molecule has 0 saturated carbocycles. The summed E-state index contributed by atoms with van der Waals surface area (Å²) in [5, 5.41) is 11.8. The topological polar surface area (TPSA) is 121 Å². The van der Waals surface area contributed by atoms with Crippen LogP contribution in [0.1, 0.15) is 42.5 Å². The third-order valence-electron chi connectivity index (χ3n) is 6.83. The fourth-order valence-corrected chi connectivity index (χ4v) is 6.67. The van der Waals surface area contributed by atoms with Gasteiger partial charge >= 0.3 is 0 Å². The minimum atomic E-state index is -3.13. The van der Waals surface area contributed by atoms with Gasteiger partial charge in [0.2, 0.25) is 5.91 Å². The summed E-state index contributed by atoms with van der Waals surface area (Å²) >= 11 is 0. The van der Waals surface area contributed by atoms with Gasteiger partial charge < -0.3 is 14.7 Å². The highest BCUT2D eigenvalue weighted by molar-refractivity contribution is 7.91. The van der Waals surface area contributed by atoms with Gasteiger partial charge in [0, 0.05) is 50.9 Å². The zero-order chi connectivity index (χ0) is 23.6. The lowest BCUT2D eigenvalue weighted by Gasteiger charge is -2.36. The van der Waals surface area contributed by atoms with Crippen molar-refractivity contribution in [2.24, 2.45) is 5.92 Å². The first-order valence-electron chi connectivity index (χ1n) is 11.6. The Morgan fingerprint density at radius 2 is 1.58 bits per heavy atom. The molecule has 1 unspecified atom stereocenters. The van der Waals surface area contributed by atoms with E-state index in [0.717, 1.165) is 38.8 Å². The molecule has 0 N–H and O–H groups in total. The molecule has 4 rings (SSSR count). The Kier molecular flexibility index (Phi) is 6.87. The van der Waals surface area contributed by atoms with Crippen molar-refractivity contribution in [3.05, 3.63) is 33.9 Å². The number of carbonyl (C=O) groups is 2. The number of sulfone groups is 1. The molecule has 3 fully saturated rings. The normalized spacial score (nSPS) is 23.3. The molecular weight excluding hydrogens is 448 g/mol. The van der Waals surface area contributed by atoms with Crippen molar-refractivity contribution < 1.29 is 22.9 Å². The summed E-state index contributed by atoms with van der Waals surface area (Å²) in [5.74, 6) is -1.00. The highest BCUT2D eigenvalue weighted by atomic mass is 32.2. The summed E-state index contributed by atoms with van der Waals surface area (Å²) in [6.45, 7) is 2.82. The standard InChI is InChI=1S/C22H30N4O6S/c27-21(24-10-12-25(13-11-24)22(28)18-7-14-33(31,32)16-18)17-5-6-19(20(15-17)26(29)30)23-8-3-1-2-4-9-23/h5-6,15,18H,1-4,7-14,16H2. The van der Waals surface area contributed by atoms with Gasteiger partial charge in [-0.15, -0.1) is 0 Å². The number of rotatable bonds is 4. The number of benzene rings is 1. The molecule has 3 aliphatic heterocycles. The first-order chi connectivity index (χ1) is 15.7. The number of nitro groups is 1. The van der Waals surface area contributed by atoms with Gasteiger partial charge in [-0.25, -0.2) is 8.42 Å². The molecule has 0 bridgehead atoms. The van der Waals surface area contributed by atoms with Crippen molar-refractivity contribution in [1.82, 2.24) is 9.80 Å². The summed E-state index contributed by atoms with van der Waals surface area (Å²) in [5.41, 5.74) is 0.765. The Labute approximate surface area is 193 Å². The monoisotopic (exact) mass is 478 g/mol. The maximum Gasteiger partial charge on any atom is 0.293 e. The van der Waals surface area contributed by atoms with Gasteiger partial charge in [-0.05, 0) is 31.4 Å². The molecule has 3 saturated heterocycles. The molecule has 1 atom stereocenters. The largest absolute Gasteiger partial charge is 0.366 e. The molecule has 3 heterocycles. The van der Waals surface area contributed by atoms with Gasteiger partial charge in [-0.3, -0.25) is 19.7 Å². The van der Waals surface area contributed by atoms with Crippen LogP contribution in [0.4, 0.5) is 11.4 Å². The van der Waals surface area contributed by atoms with E-state index in [1.165, 1.54) is 6.07 Å². The number of nitro benzene ring substituents is 1. The molecule has 0 aliphatic carbocycles. The van der Waals surface area contributed by atoms with Crippen molar-refractivity contribution in [1.29, 1.82) is 0 Å². The van der Waals surface area contributed by atoms with Gasteiger partial charge in [-0.2, -0.15) is 0 Å². The molecule has 3 aliphatic rings. The van der Waals surface area contributed by atoms with Crippen LogP contribution in [0.15, 0.2) is 18.2 Å². The molecule has 33 heavy (non-hydrogen) atoms. The fourth-order valence-electron chi connectivity index (χ4n) is 4.94. The van der Waals surface area contributed by atoms with Gasteiger partial charge in [0.1, 0.15) is 5.69 Å². The van der Waals surface area contributed by atoms with Crippen LogP contribution in [-0.4, -0.2) is 85.7 Å². The fraction of sp³-hybridized carbons (Fsp3) is 0.636. The van der Waals surface area contributed by atoms with Crippen molar-refractivity contribution >= 4 is 33.0 Å². The number of amides is 2. The van der Waals surface area contributed by atoms with E-state index >= 15 is 0 Å². The van der Waals surface area contributed by atoms with E-state index in [2.05, 4.69) is 0 Å². The number of nitrogens with zero attached hydrogens (tertiary/aromatic N) is 4. The molecule has 180 valence electrons. The van der Waals surface area contributed by atoms with E-state index in [4.69, 9.17) is 0 Å². The lowest BCUT2D eigenvalue weighted by atomic mass is 10.1. The maximum absolute atomic E-state index is 13.0. The highest BCUT2D eigenvalue weighted by Crippen LogP contribution is 2.31. The van der Waals surface area contributed by atoms with Crippen LogP contribution in [0.2, 0.25) is 0 Å². The second-order valence-corrected chi connectivity index (χ2v) is 11.3. The molecule has 0 spiro atoms. The predicted octanol–water partition coefficient (Wildman–Crippen LogP) is 1.69. The Bertz CT molecular complexity index is 1030. The SMILES string of the molecule is O=C(c1ccc(N2CCCCCC2)c([N+](=O)[O-])c1)N1CCN(C(=O)C2CCS(=O)(=O)C2)CC1. The van der Waals surface area contributed by atoms with E-state index in [9.17, 15) is 28.1 Å². The Morgan fingerprint density at radius 1 is 0.939 bits per heavy atom.